The zero-order valence-corrected chi connectivity index (χ0v) is 10.1. The van der Waals surface area contributed by atoms with Crippen LogP contribution in [0.1, 0.15) is 19.8 Å². The van der Waals surface area contributed by atoms with Gasteiger partial charge in [-0.15, -0.1) is 0 Å². The van der Waals surface area contributed by atoms with E-state index in [0.29, 0.717) is 11.7 Å². The van der Waals surface area contributed by atoms with Gasteiger partial charge in [0, 0.05) is 5.75 Å². The molecule has 2 rings (SSSR count). The molecule has 0 bridgehead atoms. The second kappa shape index (κ2) is 5.34. The fraction of sp³-hybridized carbons (Fsp3) is 0.417. The van der Waals surface area contributed by atoms with Crippen LogP contribution in [0.2, 0.25) is 0 Å². The van der Waals surface area contributed by atoms with Gasteiger partial charge < -0.3 is 5.32 Å². The van der Waals surface area contributed by atoms with Crippen LogP contribution in [0, 0.1) is 5.82 Å². The first-order valence-corrected chi connectivity index (χ1v) is 6.50. The number of amidine groups is 1. The lowest BCUT2D eigenvalue weighted by Gasteiger charge is -2.19. The Morgan fingerprint density at radius 3 is 3.06 bits per heavy atom. The summed E-state index contributed by atoms with van der Waals surface area (Å²) in [6.45, 7) is 2.13. The first kappa shape index (κ1) is 11.5. The molecule has 16 heavy (non-hydrogen) atoms. The summed E-state index contributed by atoms with van der Waals surface area (Å²) in [5.74, 6) is 0.822. The van der Waals surface area contributed by atoms with E-state index >= 15 is 0 Å². The maximum atomic E-state index is 13.4. The third kappa shape index (κ3) is 2.76. The molecule has 0 radical (unpaired) electrons. The Hall–Kier alpha value is -1.03. The molecule has 2 nitrogen and oxygen atoms in total. The van der Waals surface area contributed by atoms with Crippen LogP contribution in [0.4, 0.5) is 10.1 Å². The Morgan fingerprint density at radius 1 is 1.50 bits per heavy atom. The molecule has 0 spiro atoms. The van der Waals surface area contributed by atoms with E-state index in [1.54, 1.807) is 23.9 Å². The Kier molecular flexibility index (Phi) is 3.83. The van der Waals surface area contributed by atoms with Crippen LogP contribution >= 0.6 is 11.8 Å². The maximum absolute atomic E-state index is 13.4. The van der Waals surface area contributed by atoms with Crippen molar-refractivity contribution in [2.45, 2.75) is 25.8 Å². The van der Waals surface area contributed by atoms with Gasteiger partial charge in [0.15, 0.2) is 5.17 Å². The molecule has 1 aromatic rings. The van der Waals surface area contributed by atoms with E-state index < -0.39 is 0 Å². The number of hydrogen-bond donors (Lipinski definition) is 1. The quantitative estimate of drug-likeness (QED) is 0.852. The summed E-state index contributed by atoms with van der Waals surface area (Å²) in [5, 5.41) is 3.89. The van der Waals surface area contributed by atoms with E-state index in [2.05, 4.69) is 17.2 Å². The maximum Gasteiger partial charge on any atom is 0.161 e. The van der Waals surface area contributed by atoms with Gasteiger partial charge >= 0.3 is 0 Å². The van der Waals surface area contributed by atoms with Gasteiger partial charge in [-0.2, -0.15) is 0 Å². The normalized spacial score (nSPS) is 20.4. The third-order valence-corrected chi connectivity index (χ3v) is 3.50. The van der Waals surface area contributed by atoms with Crippen molar-refractivity contribution in [2.24, 2.45) is 4.99 Å². The van der Waals surface area contributed by atoms with Crippen molar-refractivity contribution < 1.29 is 4.39 Å². The highest BCUT2D eigenvalue weighted by atomic mass is 32.2. The molecule has 1 N–H and O–H groups in total. The highest BCUT2D eigenvalue weighted by Gasteiger charge is 2.14. The molecule has 0 aromatic heterocycles. The van der Waals surface area contributed by atoms with Gasteiger partial charge in [0.05, 0.1) is 11.7 Å². The fourth-order valence-corrected chi connectivity index (χ4v) is 2.59. The number of nitrogens with zero attached hydrogens (tertiary/aromatic N) is 1. The van der Waals surface area contributed by atoms with E-state index in [1.165, 1.54) is 6.07 Å². The standard InChI is InChI=1S/C12H15FN2S/c1-2-9-7-8-16-12(14-9)15-11-6-4-3-5-10(11)13/h3-6,9H,2,7-8H2,1H3,(H,14,15). The summed E-state index contributed by atoms with van der Waals surface area (Å²) < 4.78 is 13.4. The monoisotopic (exact) mass is 238 g/mol. The first-order chi connectivity index (χ1) is 7.79. The SMILES string of the molecule is CCC1CCSC(Nc2ccccc2F)=N1. The third-order valence-electron chi connectivity index (χ3n) is 2.58. The Morgan fingerprint density at radius 2 is 2.31 bits per heavy atom. The highest BCUT2D eigenvalue weighted by molar-refractivity contribution is 8.14. The number of benzene rings is 1. The molecule has 1 atom stereocenters. The largest absolute Gasteiger partial charge is 0.333 e. The molecular formula is C12H15FN2S. The van der Waals surface area contributed by atoms with Crippen molar-refractivity contribution in [3.05, 3.63) is 30.1 Å². The number of rotatable bonds is 2. The molecular weight excluding hydrogens is 223 g/mol. The number of halogens is 1. The van der Waals surface area contributed by atoms with Crippen molar-refractivity contribution >= 4 is 22.6 Å². The van der Waals surface area contributed by atoms with Crippen molar-refractivity contribution in [3.8, 4) is 0 Å². The van der Waals surface area contributed by atoms with Gasteiger partial charge in [-0.25, -0.2) is 4.39 Å². The van der Waals surface area contributed by atoms with Gasteiger partial charge in [0.1, 0.15) is 5.82 Å². The predicted molar refractivity (Wildman–Crippen MR) is 68.6 cm³/mol. The summed E-state index contributed by atoms with van der Waals surface area (Å²) >= 11 is 1.66. The van der Waals surface area contributed by atoms with E-state index in [0.717, 1.165) is 23.8 Å². The molecule has 0 aliphatic carbocycles. The molecule has 86 valence electrons. The zero-order chi connectivity index (χ0) is 11.4. The number of aliphatic imine (C=N–C) groups is 1. The summed E-state index contributed by atoms with van der Waals surface area (Å²) in [6, 6.07) is 7.07. The Bertz CT molecular complexity index is 392. The van der Waals surface area contributed by atoms with Crippen LogP contribution in [-0.2, 0) is 0 Å². The lowest BCUT2D eigenvalue weighted by molar-refractivity contribution is 0.629. The molecule has 1 unspecified atom stereocenters. The van der Waals surface area contributed by atoms with Crippen molar-refractivity contribution in [1.29, 1.82) is 0 Å². The van der Waals surface area contributed by atoms with Crippen LogP contribution in [0.5, 0.6) is 0 Å². The lowest BCUT2D eigenvalue weighted by atomic mass is 10.2. The second-order valence-electron chi connectivity index (χ2n) is 3.74. The topological polar surface area (TPSA) is 24.4 Å². The molecule has 0 fully saturated rings. The molecule has 4 heteroatoms. The average molecular weight is 238 g/mol. The molecule has 1 aliphatic heterocycles. The van der Waals surface area contributed by atoms with Crippen molar-refractivity contribution in [1.82, 2.24) is 0 Å². The summed E-state index contributed by atoms with van der Waals surface area (Å²) in [6.07, 6.45) is 2.16. The average Bonchev–Trinajstić information content (AvgIpc) is 2.32. The minimum atomic E-state index is -0.232. The smallest absolute Gasteiger partial charge is 0.161 e. The van der Waals surface area contributed by atoms with Gasteiger partial charge in [-0.3, -0.25) is 4.99 Å². The number of nitrogens with one attached hydrogen (secondary N) is 1. The summed E-state index contributed by atoms with van der Waals surface area (Å²) in [4.78, 5) is 4.54. The van der Waals surface area contributed by atoms with Crippen LogP contribution < -0.4 is 5.32 Å². The van der Waals surface area contributed by atoms with Gasteiger partial charge in [-0.1, -0.05) is 30.8 Å². The van der Waals surface area contributed by atoms with Crippen LogP contribution in [0.15, 0.2) is 29.3 Å². The fourth-order valence-electron chi connectivity index (χ4n) is 1.60. The lowest BCUT2D eigenvalue weighted by Crippen LogP contribution is -2.19. The summed E-state index contributed by atoms with van der Waals surface area (Å²) in [7, 11) is 0. The highest BCUT2D eigenvalue weighted by Crippen LogP contribution is 2.22. The zero-order valence-electron chi connectivity index (χ0n) is 9.24. The Labute approximate surface area is 99.3 Å². The van der Waals surface area contributed by atoms with Gasteiger partial charge in [0.2, 0.25) is 0 Å². The van der Waals surface area contributed by atoms with Gasteiger partial charge in [0.25, 0.3) is 0 Å². The molecule has 1 aromatic carbocycles. The summed E-state index contributed by atoms with van der Waals surface area (Å²) in [5.41, 5.74) is 0.505. The van der Waals surface area contributed by atoms with E-state index in [-0.39, 0.29) is 5.82 Å². The number of thioether (sulfide) groups is 1. The van der Waals surface area contributed by atoms with E-state index in [1.807, 2.05) is 6.07 Å². The van der Waals surface area contributed by atoms with Crippen molar-refractivity contribution in [2.75, 3.05) is 11.1 Å². The van der Waals surface area contributed by atoms with E-state index in [4.69, 9.17) is 0 Å². The number of anilines is 1. The van der Waals surface area contributed by atoms with Crippen molar-refractivity contribution in [3.63, 3.8) is 0 Å². The molecule has 0 saturated carbocycles. The number of hydrogen-bond acceptors (Lipinski definition) is 3. The van der Waals surface area contributed by atoms with Crippen LogP contribution in [0.3, 0.4) is 0 Å². The molecule has 0 amide bonds. The van der Waals surface area contributed by atoms with E-state index in [9.17, 15) is 4.39 Å². The van der Waals surface area contributed by atoms with Gasteiger partial charge in [-0.05, 0) is 25.0 Å². The number of para-hydroxylation sites is 1. The Balaban J connectivity index is 2.10. The van der Waals surface area contributed by atoms with Crippen LogP contribution in [-0.4, -0.2) is 17.0 Å². The molecule has 1 aliphatic rings. The first-order valence-electron chi connectivity index (χ1n) is 5.51. The minimum absolute atomic E-state index is 0.232. The molecule has 0 saturated heterocycles. The second-order valence-corrected chi connectivity index (χ2v) is 4.82. The minimum Gasteiger partial charge on any atom is -0.333 e. The van der Waals surface area contributed by atoms with Crippen LogP contribution in [0.25, 0.3) is 0 Å². The molecule has 1 heterocycles. The predicted octanol–water partition coefficient (Wildman–Crippen LogP) is 3.51.